The molecule has 0 saturated heterocycles. The summed E-state index contributed by atoms with van der Waals surface area (Å²) in [7, 11) is 0. The molecule has 8 N–H and O–H groups in total. The number of carbonyl (C=O) groups is 1. The number of anilines is 3. The molecule has 0 radical (unpaired) electrons. The van der Waals surface area contributed by atoms with Gasteiger partial charge in [-0.05, 0) is 87.5 Å². The van der Waals surface area contributed by atoms with Crippen molar-refractivity contribution in [2.45, 2.75) is 19.8 Å². The van der Waals surface area contributed by atoms with E-state index in [9.17, 15) is 9.90 Å². The van der Waals surface area contributed by atoms with Crippen LogP contribution in [0.1, 0.15) is 19.8 Å². The van der Waals surface area contributed by atoms with Crippen LogP contribution >= 0.6 is 0 Å². The maximum Gasteiger partial charge on any atom is 0.208 e. The second kappa shape index (κ2) is 19.6. The molecule has 0 bridgehead atoms. The van der Waals surface area contributed by atoms with Crippen LogP contribution in [0.2, 0.25) is 0 Å². The first-order chi connectivity index (χ1) is 21.9. The number of aliphatic imine (C=N–C) groups is 1. The Kier molecular flexibility index (Phi) is 15.5. The molecule has 246 valence electrons. The summed E-state index contributed by atoms with van der Waals surface area (Å²) in [5, 5.41) is 57.1. The Hall–Kier alpha value is -3.78. The average Bonchev–Trinajstić information content (AvgIpc) is 3.04. The zero-order chi connectivity index (χ0) is 32.4. The van der Waals surface area contributed by atoms with E-state index in [2.05, 4.69) is 20.9 Å². The van der Waals surface area contributed by atoms with Crippen molar-refractivity contribution in [2.75, 3.05) is 94.7 Å². The molecule has 1 aliphatic carbocycles. The van der Waals surface area contributed by atoms with Gasteiger partial charge in [0.1, 0.15) is 11.5 Å². The monoisotopic (exact) mass is 624 g/mol. The van der Waals surface area contributed by atoms with E-state index in [1.165, 1.54) is 0 Å². The van der Waals surface area contributed by atoms with Crippen LogP contribution in [0.15, 0.2) is 76.6 Å². The first kappa shape index (κ1) is 35.7. The van der Waals surface area contributed by atoms with Crippen LogP contribution in [0.4, 0.5) is 22.7 Å². The second-order valence-corrected chi connectivity index (χ2v) is 10.7. The number of nitrogens with zero attached hydrogens (tertiary/aromatic N) is 3. The fourth-order valence-corrected chi connectivity index (χ4v) is 4.88. The minimum absolute atomic E-state index is 0.0645. The third-order valence-corrected chi connectivity index (χ3v) is 7.37. The van der Waals surface area contributed by atoms with Gasteiger partial charge >= 0.3 is 0 Å². The summed E-state index contributed by atoms with van der Waals surface area (Å²) in [5.41, 5.74) is 4.01. The third-order valence-electron chi connectivity index (χ3n) is 7.37. The molecular weight excluding hydrogens is 576 g/mol. The molecule has 2 aromatic carbocycles. The van der Waals surface area contributed by atoms with Crippen LogP contribution in [-0.4, -0.2) is 126 Å². The maximum atomic E-state index is 12.9. The zero-order valence-corrected chi connectivity index (χ0v) is 26.1. The Morgan fingerprint density at radius 1 is 0.667 bits per heavy atom. The lowest BCUT2D eigenvalue weighted by molar-refractivity contribution is -0.112. The smallest absolute Gasteiger partial charge is 0.208 e. The van der Waals surface area contributed by atoms with Crippen molar-refractivity contribution in [1.29, 1.82) is 0 Å². The molecule has 0 amide bonds. The van der Waals surface area contributed by atoms with Crippen LogP contribution in [0.3, 0.4) is 0 Å². The zero-order valence-electron chi connectivity index (χ0n) is 26.1. The summed E-state index contributed by atoms with van der Waals surface area (Å²) in [6, 6.07) is 15.0. The predicted molar refractivity (Wildman–Crippen MR) is 179 cm³/mol. The van der Waals surface area contributed by atoms with E-state index in [1.54, 1.807) is 13.0 Å². The quantitative estimate of drug-likeness (QED) is 0.0757. The number of rotatable bonds is 21. The summed E-state index contributed by atoms with van der Waals surface area (Å²) in [4.78, 5) is 21.5. The molecule has 12 nitrogen and oxygen atoms in total. The normalized spacial score (nSPS) is 14.4. The lowest BCUT2D eigenvalue weighted by Gasteiger charge is -2.20. The largest absolute Gasteiger partial charge is 0.505 e. The van der Waals surface area contributed by atoms with Crippen LogP contribution in [0.5, 0.6) is 0 Å². The summed E-state index contributed by atoms with van der Waals surface area (Å²) < 4.78 is 0. The number of nitrogens with one attached hydrogen (secondary N) is 3. The topological polar surface area (TPSA) is 173 Å². The summed E-state index contributed by atoms with van der Waals surface area (Å²) in [5.74, 6) is -0.459. The van der Waals surface area contributed by atoms with Crippen molar-refractivity contribution in [2.24, 2.45) is 4.99 Å². The fraction of sp³-hybridized carbons (Fsp3) is 0.455. The molecule has 12 heteroatoms. The number of hydrogen-bond donors (Lipinski definition) is 8. The standard InChI is InChI=1S/C33H48N6O6/c1-25-32(44)30(36-28-8-4-26(5-9-28)34-12-2-14-38(16-20-40)17-21-41)24-31(33(25)45)37-29-10-6-27(7-11-29)35-13-3-15-39(18-22-42)19-23-43/h4-11,24,34-36,40-43,45H,2-3,12-23H2,1H3/b37-31+. The molecule has 0 atom stereocenters. The number of allylic oxidation sites excluding steroid dienone is 2. The molecule has 0 aromatic heterocycles. The fourth-order valence-electron chi connectivity index (χ4n) is 4.88. The van der Waals surface area contributed by atoms with Gasteiger partial charge in [0, 0.05) is 61.9 Å². The summed E-state index contributed by atoms with van der Waals surface area (Å²) in [6.07, 6.45) is 3.26. The van der Waals surface area contributed by atoms with Gasteiger partial charge in [-0.3, -0.25) is 14.6 Å². The van der Waals surface area contributed by atoms with E-state index in [-0.39, 0.29) is 49.3 Å². The molecule has 0 unspecified atom stereocenters. The number of hydrogen-bond acceptors (Lipinski definition) is 12. The van der Waals surface area contributed by atoms with Gasteiger partial charge in [-0.2, -0.15) is 0 Å². The predicted octanol–water partition coefficient (Wildman–Crippen LogP) is 2.35. The van der Waals surface area contributed by atoms with Crippen molar-refractivity contribution < 1.29 is 30.3 Å². The highest BCUT2D eigenvalue weighted by molar-refractivity contribution is 6.24. The first-order valence-corrected chi connectivity index (χ1v) is 15.5. The average molecular weight is 625 g/mol. The van der Waals surface area contributed by atoms with E-state index < -0.39 is 0 Å². The van der Waals surface area contributed by atoms with Crippen LogP contribution in [0.25, 0.3) is 0 Å². The number of carbonyl (C=O) groups excluding carboxylic acids is 1. The van der Waals surface area contributed by atoms with Gasteiger partial charge in [0.05, 0.1) is 37.8 Å². The number of benzene rings is 2. The lowest BCUT2D eigenvalue weighted by atomic mass is 9.99. The third kappa shape index (κ3) is 11.9. The van der Waals surface area contributed by atoms with Crippen LogP contribution < -0.4 is 16.0 Å². The summed E-state index contributed by atoms with van der Waals surface area (Å²) >= 11 is 0. The minimum Gasteiger partial charge on any atom is -0.505 e. The maximum absolute atomic E-state index is 12.9. The van der Waals surface area contributed by atoms with E-state index >= 15 is 0 Å². The number of Topliss-reactive ketones (excluding diaryl/α,β-unsaturated/α-hetero) is 1. The molecule has 1 aliphatic rings. The molecule has 0 heterocycles. The van der Waals surface area contributed by atoms with Gasteiger partial charge in [0.15, 0.2) is 0 Å². The van der Waals surface area contributed by atoms with E-state index in [4.69, 9.17) is 20.4 Å². The number of aliphatic hydroxyl groups excluding tert-OH is 5. The van der Waals surface area contributed by atoms with Crippen LogP contribution in [-0.2, 0) is 4.79 Å². The van der Waals surface area contributed by atoms with E-state index in [0.717, 1.165) is 56.1 Å². The van der Waals surface area contributed by atoms with E-state index in [1.807, 2.05) is 58.3 Å². The van der Waals surface area contributed by atoms with Gasteiger partial charge in [-0.1, -0.05) is 0 Å². The number of aliphatic hydroxyl groups is 5. The van der Waals surface area contributed by atoms with Gasteiger partial charge in [0.25, 0.3) is 0 Å². The molecule has 0 spiro atoms. The molecule has 3 rings (SSSR count). The Bertz CT molecular complexity index is 1270. The van der Waals surface area contributed by atoms with Gasteiger partial charge in [-0.25, -0.2) is 4.99 Å². The molecule has 0 saturated carbocycles. The van der Waals surface area contributed by atoms with E-state index in [0.29, 0.717) is 37.6 Å². The van der Waals surface area contributed by atoms with Gasteiger partial charge in [-0.15, -0.1) is 0 Å². The van der Waals surface area contributed by atoms with Crippen molar-refractivity contribution in [1.82, 2.24) is 9.80 Å². The molecule has 0 fully saturated rings. The second-order valence-electron chi connectivity index (χ2n) is 10.7. The van der Waals surface area contributed by atoms with Crippen molar-refractivity contribution in [3.63, 3.8) is 0 Å². The number of ketones is 1. The molecule has 2 aromatic rings. The van der Waals surface area contributed by atoms with Crippen molar-refractivity contribution in [3.8, 4) is 0 Å². The van der Waals surface area contributed by atoms with Gasteiger partial charge < -0.3 is 41.5 Å². The van der Waals surface area contributed by atoms with Crippen molar-refractivity contribution >= 4 is 34.2 Å². The SMILES string of the molecule is CC1=C(O)/C(=N/c2ccc(NCCCN(CCO)CCO)cc2)C=C(Nc2ccc(NCCCN(CCO)CCO)cc2)C1=O. The van der Waals surface area contributed by atoms with Gasteiger partial charge in [0.2, 0.25) is 5.78 Å². The Morgan fingerprint density at radius 3 is 1.58 bits per heavy atom. The highest BCUT2D eigenvalue weighted by atomic mass is 16.3. The summed E-state index contributed by atoms with van der Waals surface area (Å²) in [6.45, 7) is 7.00. The molecule has 45 heavy (non-hydrogen) atoms. The van der Waals surface area contributed by atoms with Crippen molar-refractivity contribution in [3.05, 3.63) is 71.6 Å². The van der Waals surface area contributed by atoms with Crippen LogP contribution in [0, 0.1) is 0 Å². The Balaban J connectivity index is 1.56. The molecular formula is C33H48N6O6. The lowest BCUT2D eigenvalue weighted by Crippen LogP contribution is -2.31. The Morgan fingerprint density at radius 2 is 1.11 bits per heavy atom. The highest BCUT2D eigenvalue weighted by Gasteiger charge is 2.24. The Labute approximate surface area is 265 Å². The minimum atomic E-state index is -0.306. The highest BCUT2D eigenvalue weighted by Crippen LogP contribution is 2.24. The first-order valence-electron chi connectivity index (χ1n) is 15.5. The molecule has 0 aliphatic heterocycles.